The molecule has 0 amide bonds. The fourth-order valence-corrected chi connectivity index (χ4v) is 4.35. The first-order valence-corrected chi connectivity index (χ1v) is 10.9. The maximum Gasteiger partial charge on any atom is 0.347 e. The zero-order chi connectivity index (χ0) is 22.0. The van der Waals surface area contributed by atoms with Crippen LogP contribution >= 0.6 is 0 Å². The minimum absolute atomic E-state index is 0.283. The summed E-state index contributed by atoms with van der Waals surface area (Å²) in [7, 11) is 5.83. The predicted octanol–water partition coefficient (Wildman–Crippen LogP) is 3.60. The van der Waals surface area contributed by atoms with E-state index in [1.54, 1.807) is 19.4 Å². The van der Waals surface area contributed by atoms with Gasteiger partial charge in [-0.3, -0.25) is 0 Å². The molecule has 3 aromatic rings. The second-order valence-corrected chi connectivity index (χ2v) is 8.34. The van der Waals surface area contributed by atoms with Gasteiger partial charge < -0.3 is 19.0 Å². The van der Waals surface area contributed by atoms with Crippen LogP contribution in [0.3, 0.4) is 0 Å². The molecule has 2 aromatic heterocycles. The van der Waals surface area contributed by atoms with E-state index < -0.39 is 0 Å². The van der Waals surface area contributed by atoms with E-state index in [2.05, 4.69) is 21.8 Å². The summed E-state index contributed by atoms with van der Waals surface area (Å²) in [5.41, 5.74) is 1.79. The largest absolute Gasteiger partial charge is 0.497 e. The number of aryl methyl sites for hydroxylation is 1. The smallest absolute Gasteiger partial charge is 0.347 e. The van der Waals surface area contributed by atoms with Crippen molar-refractivity contribution >= 4 is 16.7 Å². The Bertz CT molecular complexity index is 1120. The Morgan fingerprint density at radius 3 is 2.77 bits per heavy atom. The van der Waals surface area contributed by atoms with E-state index in [4.69, 9.17) is 14.1 Å². The molecule has 31 heavy (non-hydrogen) atoms. The molecule has 3 heterocycles. The van der Waals surface area contributed by atoms with Crippen LogP contribution in [0.4, 0.5) is 5.82 Å². The normalized spacial score (nSPS) is 15.4. The Balaban J connectivity index is 1.72. The molecule has 0 N–H and O–H groups in total. The fourth-order valence-electron chi connectivity index (χ4n) is 4.35. The van der Waals surface area contributed by atoms with E-state index in [1.807, 2.05) is 32.2 Å². The molecule has 0 radical (unpaired) electrons. The zero-order valence-corrected chi connectivity index (χ0v) is 18.7. The SMILES string of the molecule is CCc1cc(OC)cc2nc(-c3cccnc3N(C)CC3CCN(C)CC3)oc(=O)c12. The number of methoxy groups -OCH3 is 1. The molecule has 0 spiro atoms. The summed E-state index contributed by atoms with van der Waals surface area (Å²) in [6.45, 7) is 5.15. The molecule has 1 aliphatic heterocycles. The van der Waals surface area contributed by atoms with Crippen molar-refractivity contribution in [3.05, 3.63) is 46.4 Å². The summed E-state index contributed by atoms with van der Waals surface area (Å²) in [5.74, 6) is 2.35. The Morgan fingerprint density at radius 1 is 1.29 bits per heavy atom. The molecular weight excluding hydrogens is 392 g/mol. The van der Waals surface area contributed by atoms with E-state index in [-0.39, 0.29) is 11.5 Å². The Labute approximate surface area is 182 Å². The lowest BCUT2D eigenvalue weighted by Crippen LogP contribution is -2.36. The van der Waals surface area contributed by atoms with Gasteiger partial charge in [0.25, 0.3) is 0 Å². The molecule has 0 saturated carbocycles. The predicted molar refractivity (Wildman–Crippen MR) is 123 cm³/mol. The van der Waals surface area contributed by atoms with Crippen molar-refractivity contribution in [1.29, 1.82) is 0 Å². The van der Waals surface area contributed by atoms with Gasteiger partial charge in [0.2, 0.25) is 5.89 Å². The first-order valence-electron chi connectivity index (χ1n) is 10.9. The standard InChI is InChI=1S/C24H30N4O3/c1-5-17-13-18(30-4)14-20-21(17)24(29)31-23(26-20)19-7-6-10-25-22(19)28(3)15-16-8-11-27(2)12-9-16/h6-7,10,13-14,16H,5,8-9,11-12,15H2,1-4H3. The quantitative estimate of drug-likeness (QED) is 0.601. The second-order valence-electron chi connectivity index (χ2n) is 8.34. The van der Waals surface area contributed by atoms with Crippen LogP contribution in [-0.2, 0) is 6.42 Å². The third kappa shape index (κ3) is 4.42. The van der Waals surface area contributed by atoms with Crippen LogP contribution in [0.15, 0.2) is 39.7 Å². The van der Waals surface area contributed by atoms with Gasteiger partial charge in [0.15, 0.2) is 0 Å². The number of hydrogen-bond acceptors (Lipinski definition) is 7. The molecule has 0 aliphatic carbocycles. The topological polar surface area (TPSA) is 71.7 Å². The first kappa shape index (κ1) is 21.3. The molecule has 0 atom stereocenters. The van der Waals surface area contributed by atoms with Crippen molar-refractivity contribution in [1.82, 2.24) is 14.9 Å². The average molecular weight is 423 g/mol. The highest BCUT2D eigenvalue weighted by atomic mass is 16.5. The summed E-state index contributed by atoms with van der Waals surface area (Å²) in [4.78, 5) is 26.7. The van der Waals surface area contributed by atoms with Crippen LogP contribution in [0.5, 0.6) is 5.75 Å². The van der Waals surface area contributed by atoms with Crippen LogP contribution in [0.2, 0.25) is 0 Å². The summed E-state index contributed by atoms with van der Waals surface area (Å²) in [5, 5.41) is 0.511. The van der Waals surface area contributed by atoms with Crippen molar-refractivity contribution in [3.63, 3.8) is 0 Å². The van der Waals surface area contributed by atoms with Crippen LogP contribution < -0.4 is 15.3 Å². The van der Waals surface area contributed by atoms with Gasteiger partial charge in [0.05, 0.1) is 23.6 Å². The number of fused-ring (bicyclic) bond motifs is 1. The maximum absolute atomic E-state index is 12.9. The van der Waals surface area contributed by atoms with Gasteiger partial charge in [-0.25, -0.2) is 14.8 Å². The number of pyridine rings is 1. The van der Waals surface area contributed by atoms with E-state index >= 15 is 0 Å². The van der Waals surface area contributed by atoms with Crippen molar-refractivity contribution < 1.29 is 9.15 Å². The van der Waals surface area contributed by atoms with Crippen LogP contribution in [-0.4, -0.2) is 55.7 Å². The summed E-state index contributed by atoms with van der Waals surface area (Å²) >= 11 is 0. The zero-order valence-electron chi connectivity index (χ0n) is 18.7. The number of likely N-dealkylation sites (tertiary alicyclic amines) is 1. The third-order valence-corrected chi connectivity index (χ3v) is 6.15. The molecule has 1 aliphatic rings. The number of nitrogens with zero attached hydrogens (tertiary/aromatic N) is 4. The Kier molecular flexibility index (Phi) is 6.23. The molecule has 1 fully saturated rings. The number of anilines is 1. The molecule has 7 nitrogen and oxygen atoms in total. The molecule has 7 heteroatoms. The number of piperidine rings is 1. The minimum Gasteiger partial charge on any atom is -0.497 e. The molecule has 4 rings (SSSR count). The number of aromatic nitrogens is 2. The van der Waals surface area contributed by atoms with Gasteiger partial charge in [0, 0.05) is 25.9 Å². The second kappa shape index (κ2) is 9.06. The lowest BCUT2D eigenvalue weighted by molar-refractivity contribution is 0.222. The molecule has 0 unspecified atom stereocenters. The van der Waals surface area contributed by atoms with Crippen molar-refractivity contribution in [2.45, 2.75) is 26.2 Å². The van der Waals surface area contributed by atoms with Crippen molar-refractivity contribution in [2.75, 3.05) is 45.7 Å². The number of hydrogen-bond donors (Lipinski definition) is 0. The molecule has 0 bridgehead atoms. The van der Waals surface area contributed by atoms with Gasteiger partial charge in [-0.2, -0.15) is 0 Å². The van der Waals surface area contributed by atoms with Gasteiger partial charge >= 0.3 is 5.63 Å². The highest BCUT2D eigenvalue weighted by molar-refractivity contribution is 5.84. The van der Waals surface area contributed by atoms with Gasteiger partial charge in [-0.15, -0.1) is 0 Å². The molecular formula is C24H30N4O3. The van der Waals surface area contributed by atoms with E-state index in [0.717, 1.165) is 36.6 Å². The van der Waals surface area contributed by atoms with Crippen LogP contribution in [0.25, 0.3) is 22.4 Å². The maximum atomic E-state index is 12.9. The summed E-state index contributed by atoms with van der Waals surface area (Å²) in [6.07, 6.45) is 4.80. The highest BCUT2D eigenvalue weighted by Crippen LogP contribution is 2.30. The monoisotopic (exact) mass is 422 g/mol. The fraction of sp³-hybridized carbons (Fsp3) is 0.458. The van der Waals surface area contributed by atoms with Crippen LogP contribution in [0.1, 0.15) is 25.3 Å². The van der Waals surface area contributed by atoms with Crippen molar-refractivity contribution in [2.24, 2.45) is 5.92 Å². The highest BCUT2D eigenvalue weighted by Gasteiger charge is 2.22. The molecule has 1 saturated heterocycles. The molecule has 1 aromatic carbocycles. The Morgan fingerprint density at radius 2 is 2.06 bits per heavy atom. The minimum atomic E-state index is -0.382. The van der Waals surface area contributed by atoms with Gasteiger partial charge in [-0.05, 0) is 69.1 Å². The van der Waals surface area contributed by atoms with Gasteiger partial charge in [-0.1, -0.05) is 6.92 Å². The van der Waals surface area contributed by atoms with E-state index in [0.29, 0.717) is 29.0 Å². The first-order chi connectivity index (χ1) is 15.0. The lowest BCUT2D eigenvalue weighted by atomic mass is 9.96. The third-order valence-electron chi connectivity index (χ3n) is 6.15. The van der Waals surface area contributed by atoms with E-state index in [1.165, 1.54) is 12.8 Å². The Hall–Kier alpha value is -2.93. The molecule has 164 valence electrons. The lowest BCUT2D eigenvalue weighted by Gasteiger charge is -2.32. The van der Waals surface area contributed by atoms with Gasteiger partial charge in [0.1, 0.15) is 11.6 Å². The number of benzene rings is 1. The van der Waals surface area contributed by atoms with Crippen LogP contribution in [0, 0.1) is 5.92 Å². The average Bonchev–Trinajstić information content (AvgIpc) is 2.79. The number of ether oxygens (including phenoxy) is 1. The summed E-state index contributed by atoms with van der Waals surface area (Å²) in [6, 6.07) is 7.40. The van der Waals surface area contributed by atoms with E-state index in [9.17, 15) is 4.79 Å². The van der Waals surface area contributed by atoms with Crippen molar-refractivity contribution in [3.8, 4) is 17.2 Å². The summed E-state index contributed by atoms with van der Waals surface area (Å²) < 4.78 is 11.1. The number of rotatable bonds is 6.